The largest absolute Gasteiger partial charge is 0.387 e. The normalized spacial score (nSPS) is 15.6. The SMILES string of the molecule is CC(Cc1ccccc1)C(N)C(O)c1cccc(F)c1. The molecule has 2 nitrogen and oxygen atoms in total. The number of benzene rings is 2. The van der Waals surface area contributed by atoms with Crippen LogP contribution in [0.1, 0.15) is 24.2 Å². The Bertz CT molecular complexity index is 544. The van der Waals surface area contributed by atoms with Gasteiger partial charge in [-0.05, 0) is 35.6 Å². The molecule has 2 aromatic rings. The molecule has 2 rings (SSSR count). The summed E-state index contributed by atoms with van der Waals surface area (Å²) in [5.41, 5.74) is 7.83. The Morgan fingerprint density at radius 3 is 2.45 bits per heavy atom. The second-order valence-corrected chi connectivity index (χ2v) is 5.24. The molecule has 3 unspecified atom stereocenters. The summed E-state index contributed by atoms with van der Waals surface area (Å²) in [4.78, 5) is 0. The van der Waals surface area contributed by atoms with E-state index < -0.39 is 12.1 Å². The highest BCUT2D eigenvalue weighted by Gasteiger charge is 2.23. The first-order valence-electron chi connectivity index (χ1n) is 6.81. The third kappa shape index (κ3) is 3.65. The van der Waals surface area contributed by atoms with Crippen molar-refractivity contribution in [1.82, 2.24) is 0 Å². The predicted octanol–water partition coefficient (Wildman–Crippen LogP) is 3.07. The molecular weight excluding hydrogens is 253 g/mol. The molecule has 0 aromatic heterocycles. The van der Waals surface area contributed by atoms with Gasteiger partial charge in [0.2, 0.25) is 0 Å². The maximum Gasteiger partial charge on any atom is 0.123 e. The second-order valence-electron chi connectivity index (χ2n) is 5.24. The van der Waals surface area contributed by atoms with Crippen LogP contribution in [-0.4, -0.2) is 11.1 Å². The van der Waals surface area contributed by atoms with Crippen LogP contribution in [0, 0.1) is 11.7 Å². The van der Waals surface area contributed by atoms with Crippen molar-refractivity contribution in [3.8, 4) is 0 Å². The molecule has 3 N–H and O–H groups in total. The van der Waals surface area contributed by atoms with Gasteiger partial charge in [0.25, 0.3) is 0 Å². The number of aliphatic hydroxyl groups excluding tert-OH is 1. The molecule has 0 aliphatic heterocycles. The van der Waals surface area contributed by atoms with Gasteiger partial charge in [0, 0.05) is 6.04 Å². The average molecular weight is 273 g/mol. The van der Waals surface area contributed by atoms with E-state index in [9.17, 15) is 9.50 Å². The van der Waals surface area contributed by atoms with Crippen molar-refractivity contribution >= 4 is 0 Å². The maximum absolute atomic E-state index is 13.2. The highest BCUT2D eigenvalue weighted by molar-refractivity contribution is 5.21. The molecule has 3 heteroatoms. The fraction of sp³-hybridized carbons (Fsp3) is 0.294. The Kier molecular flexibility index (Phi) is 4.88. The fourth-order valence-electron chi connectivity index (χ4n) is 2.35. The first-order chi connectivity index (χ1) is 9.58. The van der Waals surface area contributed by atoms with Crippen LogP contribution in [0.3, 0.4) is 0 Å². The molecule has 0 heterocycles. The Hall–Kier alpha value is -1.71. The van der Waals surface area contributed by atoms with E-state index in [0.717, 1.165) is 6.42 Å². The van der Waals surface area contributed by atoms with Crippen LogP contribution in [0.25, 0.3) is 0 Å². The Morgan fingerprint density at radius 1 is 1.10 bits per heavy atom. The van der Waals surface area contributed by atoms with Crippen molar-refractivity contribution < 1.29 is 9.50 Å². The third-order valence-corrected chi connectivity index (χ3v) is 3.61. The van der Waals surface area contributed by atoms with E-state index in [0.29, 0.717) is 5.56 Å². The predicted molar refractivity (Wildman–Crippen MR) is 78.6 cm³/mol. The van der Waals surface area contributed by atoms with Gasteiger partial charge in [0.05, 0.1) is 6.10 Å². The molecule has 0 spiro atoms. The van der Waals surface area contributed by atoms with Crippen molar-refractivity contribution in [2.24, 2.45) is 11.7 Å². The molecule has 0 radical (unpaired) electrons. The molecule has 0 saturated heterocycles. The van der Waals surface area contributed by atoms with Gasteiger partial charge in [-0.15, -0.1) is 0 Å². The molecule has 106 valence electrons. The van der Waals surface area contributed by atoms with Crippen molar-refractivity contribution in [1.29, 1.82) is 0 Å². The van der Waals surface area contributed by atoms with E-state index in [-0.39, 0.29) is 11.7 Å². The number of halogens is 1. The Morgan fingerprint density at radius 2 is 1.80 bits per heavy atom. The monoisotopic (exact) mass is 273 g/mol. The maximum atomic E-state index is 13.2. The lowest BCUT2D eigenvalue weighted by molar-refractivity contribution is 0.121. The lowest BCUT2D eigenvalue weighted by atomic mass is 9.88. The van der Waals surface area contributed by atoms with Gasteiger partial charge in [-0.3, -0.25) is 0 Å². The van der Waals surface area contributed by atoms with Crippen LogP contribution in [0.2, 0.25) is 0 Å². The number of hydrogen-bond donors (Lipinski definition) is 2. The van der Waals surface area contributed by atoms with Gasteiger partial charge in [0.15, 0.2) is 0 Å². The molecule has 2 aromatic carbocycles. The zero-order valence-electron chi connectivity index (χ0n) is 11.5. The summed E-state index contributed by atoms with van der Waals surface area (Å²) in [6, 6.07) is 15.6. The molecule has 0 amide bonds. The molecule has 0 bridgehead atoms. The van der Waals surface area contributed by atoms with Crippen LogP contribution < -0.4 is 5.73 Å². The van der Waals surface area contributed by atoms with E-state index in [2.05, 4.69) is 0 Å². The molecular formula is C17H20FNO. The first-order valence-corrected chi connectivity index (χ1v) is 6.81. The second kappa shape index (κ2) is 6.64. The summed E-state index contributed by atoms with van der Waals surface area (Å²) in [5.74, 6) is -0.264. The minimum absolute atomic E-state index is 0.0932. The zero-order chi connectivity index (χ0) is 14.5. The van der Waals surface area contributed by atoms with Gasteiger partial charge >= 0.3 is 0 Å². The van der Waals surface area contributed by atoms with Gasteiger partial charge in [0.1, 0.15) is 5.82 Å². The molecule has 0 fully saturated rings. The summed E-state index contributed by atoms with van der Waals surface area (Å²) in [6.07, 6.45) is -0.0709. The van der Waals surface area contributed by atoms with Crippen molar-refractivity contribution in [2.75, 3.05) is 0 Å². The van der Waals surface area contributed by atoms with Gasteiger partial charge in [-0.2, -0.15) is 0 Å². The minimum Gasteiger partial charge on any atom is -0.387 e. The average Bonchev–Trinajstić information content (AvgIpc) is 2.46. The summed E-state index contributed by atoms with van der Waals surface area (Å²) in [5, 5.41) is 10.3. The minimum atomic E-state index is -0.857. The van der Waals surface area contributed by atoms with E-state index >= 15 is 0 Å². The fourth-order valence-corrected chi connectivity index (χ4v) is 2.35. The highest BCUT2D eigenvalue weighted by atomic mass is 19.1. The first kappa shape index (κ1) is 14.7. The summed E-state index contributed by atoms with van der Waals surface area (Å²) < 4.78 is 13.2. The van der Waals surface area contributed by atoms with E-state index in [1.54, 1.807) is 12.1 Å². The highest BCUT2D eigenvalue weighted by Crippen LogP contribution is 2.23. The number of rotatable bonds is 5. The molecule has 0 aliphatic carbocycles. The molecule has 3 atom stereocenters. The van der Waals surface area contributed by atoms with Crippen molar-refractivity contribution in [3.05, 3.63) is 71.5 Å². The van der Waals surface area contributed by atoms with E-state index in [4.69, 9.17) is 5.73 Å². The summed E-state index contributed by atoms with van der Waals surface area (Å²) in [7, 11) is 0. The number of hydrogen-bond acceptors (Lipinski definition) is 2. The van der Waals surface area contributed by atoms with Crippen LogP contribution in [0.15, 0.2) is 54.6 Å². The lowest BCUT2D eigenvalue weighted by Crippen LogP contribution is -2.36. The number of aliphatic hydroxyl groups is 1. The topological polar surface area (TPSA) is 46.2 Å². The Balaban J connectivity index is 2.04. The van der Waals surface area contributed by atoms with Gasteiger partial charge in [-0.25, -0.2) is 4.39 Å². The van der Waals surface area contributed by atoms with Gasteiger partial charge in [-0.1, -0.05) is 49.4 Å². The quantitative estimate of drug-likeness (QED) is 0.879. The zero-order valence-corrected chi connectivity index (χ0v) is 11.5. The molecule has 0 aliphatic rings. The van der Waals surface area contributed by atoms with Crippen molar-refractivity contribution in [2.45, 2.75) is 25.5 Å². The van der Waals surface area contributed by atoms with Crippen LogP contribution in [0.5, 0.6) is 0 Å². The molecule has 20 heavy (non-hydrogen) atoms. The smallest absolute Gasteiger partial charge is 0.123 e. The Labute approximate surface area is 119 Å². The summed E-state index contributed by atoms with van der Waals surface area (Å²) >= 11 is 0. The van der Waals surface area contributed by atoms with Gasteiger partial charge < -0.3 is 10.8 Å². The summed E-state index contributed by atoms with van der Waals surface area (Å²) in [6.45, 7) is 2.00. The van der Waals surface area contributed by atoms with E-state index in [1.807, 2.05) is 37.3 Å². The number of nitrogens with two attached hydrogens (primary N) is 1. The van der Waals surface area contributed by atoms with Crippen LogP contribution in [0.4, 0.5) is 4.39 Å². The van der Waals surface area contributed by atoms with E-state index in [1.165, 1.54) is 17.7 Å². The van der Waals surface area contributed by atoms with Crippen LogP contribution >= 0.6 is 0 Å². The molecule has 0 saturated carbocycles. The van der Waals surface area contributed by atoms with Crippen molar-refractivity contribution in [3.63, 3.8) is 0 Å². The van der Waals surface area contributed by atoms with Crippen LogP contribution in [-0.2, 0) is 6.42 Å². The standard InChI is InChI=1S/C17H20FNO/c1-12(10-13-6-3-2-4-7-13)16(19)17(20)14-8-5-9-15(18)11-14/h2-9,11-12,16-17,20H,10,19H2,1H3. The lowest BCUT2D eigenvalue weighted by Gasteiger charge is -2.25. The third-order valence-electron chi connectivity index (χ3n) is 3.61.